The Morgan fingerprint density at radius 1 is 1.16 bits per heavy atom. The number of hydrogen-bond acceptors (Lipinski definition) is 1. The molecule has 2 aromatic carbocycles. The second-order valence-corrected chi connectivity index (χ2v) is 4.66. The molecular weight excluding hydrogens is 263 g/mol. The van der Waals surface area contributed by atoms with Crippen molar-refractivity contribution in [2.75, 3.05) is 0 Å². The lowest BCUT2D eigenvalue weighted by Gasteiger charge is -2.08. The highest BCUT2D eigenvalue weighted by Crippen LogP contribution is 2.26. The molecule has 2 nitrogen and oxygen atoms in total. The maximum absolute atomic E-state index is 14.0. The van der Waals surface area contributed by atoms with Crippen molar-refractivity contribution in [1.82, 2.24) is 9.55 Å². The van der Waals surface area contributed by atoms with Gasteiger partial charge in [-0.25, -0.2) is 9.37 Å². The van der Waals surface area contributed by atoms with Gasteiger partial charge in [-0.2, -0.15) is 0 Å². The number of fused-ring (bicyclic) bond motifs is 1. The van der Waals surface area contributed by atoms with Gasteiger partial charge in [0.05, 0.1) is 22.6 Å². The number of aromatic nitrogens is 2. The van der Waals surface area contributed by atoms with Crippen LogP contribution in [0.5, 0.6) is 0 Å². The van der Waals surface area contributed by atoms with Gasteiger partial charge in [0, 0.05) is 0 Å². The molecule has 3 rings (SSSR count). The van der Waals surface area contributed by atoms with Crippen molar-refractivity contribution in [3.05, 3.63) is 59.7 Å². The van der Waals surface area contributed by atoms with Gasteiger partial charge < -0.3 is 0 Å². The fourth-order valence-electron chi connectivity index (χ4n) is 2.28. The molecule has 1 aromatic heterocycles. The van der Waals surface area contributed by atoms with Gasteiger partial charge in [0.25, 0.3) is 0 Å². The zero-order valence-corrected chi connectivity index (χ0v) is 11.2. The van der Waals surface area contributed by atoms with Crippen LogP contribution in [0, 0.1) is 12.7 Å². The molecule has 19 heavy (non-hydrogen) atoms. The molecule has 1 heterocycles. The molecule has 0 aliphatic carbocycles. The Hall–Kier alpha value is -1.87. The summed E-state index contributed by atoms with van der Waals surface area (Å²) < 4.78 is 15.8. The van der Waals surface area contributed by atoms with Gasteiger partial charge in [-0.05, 0) is 30.7 Å². The quantitative estimate of drug-likeness (QED) is 0.640. The first-order chi connectivity index (χ1) is 9.22. The van der Waals surface area contributed by atoms with Crippen LogP contribution in [-0.2, 0) is 5.88 Å². The third-order valence-electron chi connectivity index (χ3n) is 3.17. The number of hydrogen-bond donors (Lipinski definition) is 0. The third kappa shape index (κ3) is 1.90. The lowest BCUT2D eigenvalue weighted by atomic mass is 10.2. The summed E-state index contributed by atoms with van der Waals surface area (Å²) in [6.07, 6.45) is 0. The van der Waals surface area contributed by atoms with Gasteiger partial charge in [-0.1, -0.05) is 24.3 Å². The van der Waals surface area contributed by atoms with E-state index in [1.165, 1.54) is 6.07 Å². The van der Waals surface area contributed by atoms with Crippen molar-refractivity contribution in [2.45, 2.75) is 12.8 Å². The Balaban J connectivity index is 2.40. The summed E-state index contributed by atoms with van der Waals surface area (Å²) in [5.41, 5.74) is 3.27. The minimum absolute atomic E-state index is 0.239. The highest BCUT2D eigenvalue weighted by atomic mass is 35.5. The van der Waals surface area contributed by atoms with Gasteiger partial charge in [-0.3, -0.25) is 4.57 Å². The number of nitrogens with zero attached hydrogens (tertiary/aromatic N) is 2. The van der Waals surface area contributed by atoms with Crippen LogP contribution in [-0.4, -0.2) is 9.55 Å². The Morgan fingerprint density at radius 2 is 1.95 bits per heavy atom. The van der Waals surface area contributed by atoms with E-state index in [1.54, 1.807) is 22.8 Å². The number of benzene rings is 2. The molecule has 0 unspecified atom stereocenters. The monoisotopic (exact) mass is 274 g/mol. The molecule has 0 amide bonds. The van der Waals surface area contributed by atoms with E-state index in [2.05, 4.69) is 4.98 Å². The molecule has 96 valence electrons. The van der Waals surface area contributed by atoms with Gasteiger partial charge >= 0.3 is 0 Å². The zero-order chi connectivity index (χ0) is 13.4. The molecule has 0 saturated carbocycles. The Bertz CT molecular complexity index is 749. The summed E-state index contributed by atoms with van der Waals surface area (Å²) >= 11 is 5.95. The van der Waals surface area contributed by atoms with Gasteiger partial charge in [-0.15, -0.1) is 11.6 Å². The van der Waals surface area contributed by atoms with E-state index in [4.69, 9.17) is 11.6 Å². The molecule has 0 bridgehead atoms. The highest BCUT2D eigenvalue weighted by molar-refractivity contribution is 6.17. The zero-order valence-electron chi connectivity index (χ0n) is 10.4. The van der Waals surface area contributed by atoms with Crippen molar-refractivity contribution in [1.29, 1.82) is 0 Å². The average molecular weight is 275 g/mol. The fourth-order valence-corrected chi connectivity index (χ4v) is 2.46. The Kier molecular flexibility index (Phi) is 2.99. The van der Waals surface area contributed by atoms with Crippen LogP contribution in [0.15, 0.2) is 42.5 Å². The molecule has 0 aliphatic heterocycles. The summed E-state index contributed by atoms with van der Waals surface area (Å²) in [5, 5.41) is 0. The third-order valence-corrected chi connectivity index (χ3v) is 3.41. The van der Waals surface area contributed by atoms with E-state index in [0.717, 1.165) is 16.6 Å². The van der Waals surface area contributed by atoms with Crippen molar-refractivity contribution >= 4 is 22.6 Å². The van der Waals surface area contributed by atoms with Crippen molar-refractivity contribution < 1.29 is 4.39 Å². The molecule has 0 saturated heterocycles. The molecule has 0 fully saturated rings. The summed E-state index contributed by atoms with van der Waals surface area (Å²) in [5.74, 6) is 0.605. The second kappa shape index (κ2) is 4.67. The number of aryl methyl sites for hydroxylation is 1. The normalized spacial score (nSPS) is 11.1. The first-order valence-corrected chi connectivity index (χ1v) is 6.53. The van der Waals surface area contributed by atoms with Crippen molar-refractivity contribution in [3.8, 4) is 5.69 Å². The summed E-state index contributed by atoms with van der Waals surface area (Å²) in [6, 6.07) is 12.5. The number of para-hydroxylation sites is 2. The van der Waals surface area contributed by atoms with Gasteiger partial charge in [0.2, 0.25) is 0 Å². The van der Waals surface area contributed by atoms with Crippen LogP contribution in [0.25, 0.3) is 16.7 Å². The van der Waals surface area contributed by atoms with Crippen LogP contribution in [0.1, 0.15) is 11.4 Å². The van der Waals surface area contributed by atoms with Crippen LogP contribution >= 0.6 is 11.6 Å². The van der Waals surface area contributed by atoms with Crippen LogP contribution in [0.4, 0.5) is 4.39 Å². The lowest BCUT2D eigenvalue weighted by Crippen LogP contribution is -2.01. The Morgan fingerprint density at radius 3 is 2.68 bits per heavy atom. The highest BCUT2D eigenvalue weighted by Gasteiger charge is 2.15. The van der Waals surface area contributed by atoms with E-state index in [1.807, 2.05) is 25.1 Å². The molecule has 0 atom stereocenters. The maximum atomic E-state index is 14.0. The number of rotatable bonds is 2. The molecule has 0 spiro atoms. The van der Waals surface area contributed by atoms with E-state index in [9.17, 15) is 4.39 Å². The molecule has 0 N–H and O–H groups in total. The van der Waals surface area contributed by atoms with E-state index >= 15 is 0 Å². The second-order valence-electron chi connectivity index (χ2n) is 4.39. The SMILES string of the molecule is Cc1cccc2c1nc(CCl)n2-c1ccccc1F. The van der Waals surface area contributed by atoms with Gasteiger partial charge in [0.1, 0.15) is 11.6 Å². The minimum Gasteiger partial charge on any atom is -0.292 e. The lowest BCUT2D eigenvalue weighted by molar-refractivity contribution is 0.618. The standard InChI is InChI=1S/C15H12ClFN2/c1-10-5-4-8-13-15(10)18-14(9-16)19(13)12-7-3-2-6-11(12)17/h2-8H,9H2,1H3. The molecular formula is C15H12ClFN2. The van der Waals surface area contributed by atoms with Crippen molar-refractivity contribution in [3.63, 3.8) is 0 Å². The first kappa shape index (κ1) is 12.2. The molecule has 3 aromatic rings. The maximum Gasteiger partial charge on any atom is 0.147 e. The molecule has 0 aliphatic rings. The van der Waals surface area contributed by atoms with Crippen molar-refractivity contribution in [2.24, 2.45) is 0 Å². The average Bonchev–Trinajstić information content (AvgIpc) is 2.79. The number of alkyl halides is 1. The minimum atomic E-state index is -0.283. The van der Waals surface area contributed by atoms with E-state index < -0.39 is 0 Å². The predicted molar refractivity (Wildman–Crippen MR) is 75.3 cm³/mol. The summed E-state index contributed by atoms with van der Waals surface area (Å²) in [6.45, 7) is 1.99. The summed E-state index contributed by atoms with van der Waals surface area (Å²) in [7, 11) is 0. The fraction of sp³-hybridized carbons (Fsp3) is 0.133. The predicted octanol–water partition coefficient (Wildman–Crippen LogP) is 4.21. The van der Waals surface area contributed by atoms with Gasteiger partial charge in [0.15, 0.2) is 0 Å². The largest absolute Gasteiger partial charge is 0.292 e. The first-order valence-electron chi connectivity index (χ1n) is 6.00. The smallest absolute Gasteiger partial charge is 0.147 e. The van der Waals surface area contributed by atoms with Crippen LogP contribution < -0.4 is 0 Å². The number of halogens is 2. The van der Waals surface area contributed by atoms with Crippen LogP contribution in [0.2, 0.25) is 0 Å². The van der Waals surface area contributed by atoms with E-state index in [0.29, 0.717) is 11.5 Å². The Labute approximate surface area is 115 Å². The molecule has 0 radical (unpaired) electrons. The van der Waals surface area contributed by atoms with Crippen LogP contribution in [0.3, 0.4) is 0 Å². The topological polar surface area (TPSA) is 17.8 Å². The molecule has 4 heteroatoms. The summed E-state index contributed by atoms with van der Waals surface area (Å²) in [4.78, 5) is 4.51. The number of imidazole rings is 1. The van der Waals surface area contributed by atoms with E-state index in [-0.39, 0.29) is 11.7 Å².